The Morgan fingerprint density at radius 1 is 1.24 bits per heavy atom. The summed E-state index contributed by atoms with van der Waals surface area (Å²) in [6.07, 6.45) is 1.42. The first-order valence-corrected chi connectivity index (χ1v) is 6.97. The first kappa shape index (κ1) is 13.8. The molecule has 0 saturated carbocycles. The summed E-state index contributed by atoms with van der Waals surface area (Å²) in [5.74, 6) is 0.0550. The topological polar surface area (TPSA) is 85.5 Å². The van der Waals surface area contributed by atoms with Gasteiger partial charge in [0.2, 0.25) is 0 Å². The highest BCUT2D eigenvalue weighted by Gasteiger charge is 2.34. The number of nitrogens with zero attached hydrogens (tertiary/aromatic N) is 2. The third-order valence-electron chi connectivity index (χ3n) is 3.53. The number of rotatable bonds is 5. The largest absolute Gasteiger partial charge is 0.479 e. The van der Waals surface area contributed by atoms with Crippen LogP contribution in [0.25, 0.3) is 0 Å². The van der Waals surface area contributed by atoms with Crippen molar-refractivity contribution in [2.24, 2.45) is 0 Å². The van der Waals surface area contributed by atoms with Crippen LogP contribution in [0.4, 0.5) is 0 Å². The monoisotopic (exact) mass is 288 g/mol. The summed E-state index contributed by atoms with van der Waals surface area (Å²) in [5.41, 5.74) is 1.21. The van der Waals surface area contributed by atoms with E-state index in [1.807, 2.05) is 18.2 Å². The molecule has 6 nitrogen and oxygen atoms in total. The number of aryl methyl sites for hydroxylation is 2. The first-order valence-electron chi connectivity index (χ1n) is 6.97. The fourth-order valence-electron chi connectivity index (χ4n) is 2.40. The van der Waals surface area contributed by atoms with Crippen molar-refractivity contribution in [3.63, 3.8) is 0 Å². The number of hydrogen-bond acceptors (Lipinski definition) is 5. The Kier molecular flexibility index (Phi) is 3.96. The Morgan fingerprint density at radius 2 is 2.05 bits per heavy atom. The third kappa shape index (κ3) is 3.28. The molecular weight excluding hydrogens is 272 g/mol. The lowest BCUT2D eigenvalue weighted by Gasteiger charge is -2.05. The minimum atomic E-state index is -0.943. The van der Waals surface area contributed by atoms with Gasteiger partial charge in [0.1, 0.15) is 6.10 Å². The molecule has 2 atom stereocenters. The molecular formula is C15H16N2O4. The molecule has 21 heavy (non-hydrogen) atoms. The van der Waals surface area contributed by atoms with E-state index in [1.165, 1.54) is 5.56 Å². The molecule has 2 aromatic rings. The van der Waals surface area contributed by atoms with Crippen LogP contribution >= 0.6 is 0 Å². The number of carbonyl (C=O) groups is 1. The second kappa shape index (κ2) is 6.05. The number of ether oxygens (including phenoxy) is 1. The van der Waals surface area contributed by atoms with Crippen LogP contribution in [0.2, 0.25) is 0 Å². The summed E-state index contributed by atoms with van der Waals surface area (Å²) in [6, 6.07) is 10.1. The van der Waals surface area contributed by atoms with Crippen molar-refractivity contribution in [3.8, 4) is 0 Å². The minimum Gasteiger partial charge on any atom is -0.479 e. The number of carboxylic acid groups (broad SMARTS) is 1. The lowest BCUT2D eigenvalue weighted by atomic mass is 10.1. The maximum absolute atomic E-state index is 10.9. The Morgan fingerprint density at radius 3 is 2.76 bits per heavy atom. The molecule has 1 saturated heterocycles. The maximum atomic E-state index is 10.9. The minimum absolute atomic E-state index is 0.377. The fourth-order valence-corrected chi connectivity index (χ4v) is 2.40. The zero-order valence-electron chi connectivity index (χ0n) is 11.4. The van der Waals surface area contributed by atoms with E-state index in [0.29, 0.717) is 31.0 Å². The van der Waals surface area contributed by atoms with Crippen LogP contribution in [0.3, 0.4) is 0 Å². The third-order valence-corrected chi connectivity index (χ3v) is 3.53. The van der Waals surface area contributed by atoms with Crippen molar-refractivity contribution < 1.29 is 19.2 Å². The van der Waals surface area contributed by atoms with Gasteiger partial charge in [-0.2, -0.15) is 4.98 Å². The van der Waals surface area contributed by atoms with Crippen LogP contribution in [0.15, 0.2) is 34.9 Å². The van der Waals surface area contributed by atoms with Crippen LogP contribution in [-0.2, 0) is 22.4 Å². The Labute approximate surface area is 121 Å². The van der Waals surface area contributed by atoms with Crippen LogP contribution in [-0.4, -0.2) is 27.3 Å². The summed E-state index contributed by atoms with van der Waals surface area (Å²) in [6.45, 7) is 0. The normalized spacial score (nSPS) is 21.5. The lowest BCUT2D eigenvalue weighted by molar-refractivity contribution is -0.150. The molecule has 6 heteroatoms. The Hall–Kier alpha value is -2.21. The predicted molar refractivity (Wildman–Crippen MR) is 72.6 cm³/mol. The maximum Gasteiger partial charge on any atom is 0.332 e. The van der Waals surface area contributed by atoms with E-state index in [0.717, 1.165) is 6.42 Å². The highest BCUT2D eigenvalue weighted by atomic mass is 16.5. The molecule has 0 spiro atoms. The number of aromatic nitrogens is 2. The van der Waals surface area contributed by atoms with Gasteiger partial charge >= 0.3 is 5.97 Å². The van der Waals surface area contributed by atoms with E-state index < -0.39 is 18.2 Å². The molecule has 1 N–H and O–H groups in total. The van der Waals surface area contributed by atoms with Gasteiger partial charge in [0.15, 0.2) is 11.9 Å². The Bertz CT molecular complexity index is 611. The van der Waals surface area contributed by atoms with Gasteiger partial charge in [0.05, 0.1) is 0 Å². The number of aliphatic carboxylic acids is 1. The molecule has 0 radical (unpaired) electrons. The zero-order chi connectivity index (χ0) is 14.7. The predicted octanol–water partition coefficient (Wildman–Crippen LogP) is 2.16. The van der Waals surface area contributed by atoms with Crippen molar-refractivity contribution in [2.75, 3.05) is 0 Å². The number of carboxylic acids is 1. The zero-order valence-corrected chi connectivity index (χ0v) is 11.4. The quantitative estimate of drug-likeness (QED) is 0.907. The molecule has 1 aromatic heterocycles. The molecule has 3 rings (SSSR count). The van der Waals surface area contributed by atoms with Crippen LogP contribution < -0.4 is 0 Å². The molecule has 2 heterocycles. The van der Waals surface area contributed by atoms with Crippen LogP contribution in [0.5, 0.6) is 0 Å². The standard InChI is InChI=1S/C15H16N2O4/c18-15(19)12-8-7-11(20-12)14-16-13(17-21-14)9-6-10-4-2-1-3-5-10/h1-5,11-12H,6-9H2,(H,18,19). The second-order valence-electron chi connectivity index (χ2n) is 5.06. The van der Waals surface area contributed by atoms with Gasteiger partial charge in [-0.3, -0.25) is 0 Å². The van der Waals surface area contributed by atoms with Gasteiger partial charge in [-0.15, -0.1) is 0 Å². The van der Waals surface area contributed by atoms with Crippen molar-refractivity contribution in [1.29, 1.82) is 0 Å². The average Bonchev–Trinajstić information content (AvgIpc) is 3.15. The first-order chi connectivity index (χ1) is 10.2. The molecule has 2 unspecified atom stereocenters. The number of hydrogen-bond donors (Lipinski definition) is 1. The summed E-state index contributed by atoms with van der Waals surface area (Å²) < 4.78 is 10.6. The summed E-state index contributed by atoms with van der Waals surface area (Å²) in [4.78, 5) is 15.2. The van der Waals surface area contributed by atoms with Gasteiger partial charge < -0.3 is 14.4 Å². The highest BCUT2D eigenvalue weighted by Crippen LogP contribution is 2.31. The summed E-state index contributed by atoms with van der Waals surface area (Å²) in [7, 11) is 0. The van der Waals surface area contributed by atoms with Gasteiger partial charge in [-0.05, 0) is 24.8 Å². The fraction of sp³-hybridized carbons (Fsp3) is 0.400. The number of benzene rings is 1. The van der Waals surface area contributed by atoms with Gasteiger partial charge in [0, 0.05) is 6.42 Å². The lowest BCUT2D eigenvalue weighted by Crippen LogP contribution is -2.18. The SMILES string of the molecule is O=C(O)C1CCC(c2nc(CCc3ccccc3)no2)O1. The molecule has 0 amide bonds. The van der Waals surface area contributed by atoms with Gasteiger partial charge in [0.25, 0.3) is 5.89 Å². The van der Waals surface area contributed by atoms with E-state index in [2.05, 4.69) is 22.3 Å². The van der Waals surface area contributed by atoms with Crippen molar-refractivity contribution in [3.05, 3.63) is 47.6 Å². The van der Waals surface area contributed by atoms with Crippen molar-refractivity contribution in [1.82, 2.24) is 10.1 Å². The molecule has 1 aromatic carbocycles. The molecule has 1 fully saturated rings. The van der Waals surface area contributed by atoms with Gasteiger partial charge in [-0.25, -0.2) is 4.79 Å². The van der Waals surface area contributed by atoms with E-state index in [1.54, 1.807) is 0 Å². The molecule has 0 bridgehead atoms. The summed E-state index contributed by atoms with van der Waals surface area (Å²) >= 11 is 0. The van der Waals surface area contributed by atoms with Gasteiger partial charge in [-0.1, -0.05) is 35.5 Å². The van der Waals surface area contributed by atoms with E-state index in [4.69, 9.17) is 14.4 Å². The molecule has 0 aliphatic carbocycles. The molecule has 1 aliphatic heterocycles. The van der Waals surface area contributed by atoms with Crippen molar-refractivity contribution >= 4 is 5.97 Å². The van der Waals surface area contributed by atoms with Crippen LogP contribution in [0.1, 0.15) is 36.2 Å². The average molecular weight is 288 g/mol. The smallest absolute Gasteiger partial charge is 0.332 e. The molecule has 110 valence electrons. The van der Waals surface area contributed by atoms with E-state index >= 15 is 0 Å². The second-order valence-corrected chi connectivity index (χ2v) is 5.06. The summed E-state index contributed by atoms with van der Waals surface area (Å²) in [5, 5.41) is 12.8. The Balaban J connectivity index is 1.58. The van der Waals surface area contributed by atoms with Crippen LogP contribution in [0, 0.1) is 0 Å². The highest BCUT2D eigenvalue weighted by molar-refractivity contribution is 5.72. The van der Waals surface area contributed by atoms with E-state index in [9.17, 15) is 4.79 Å². The van der Waals surface area contributed by atoms with E-state index in [-0.39, 0.29) is 0 Å². The van der Waals surface area contributed by atoms with Crippen molar-refractivity contribution in [2.45, 2.75) is 37.9 Å². The molecule has 1 aliphatic rings.